The van der Waals surface area contributed by atoms with Gasteiger partial charge in [-0.05, 0) is 91.1 Å². The van der Waals surface area contributed by atoms with Gasteiger partial charge in [0, 0.05) is 5.56 Å². The molecule has 0 nitrogen and oxygen atoms in total. The quantitative estimate of drug-likeness (QED) is 0.242. The highest BCUT2D eigenvalue weighted by Crippen LogP contribution is 2.22. The van der Waals surface area contributed by atoms with Crippen LogP contribution in [0.3, 0.4) is 0 Å². The summed E-state index contributed by atoms with van der Waals surface area (Å²) in [6.45, 7) is 6.25. The SMILES string of the molecule is CCCCc1ccc(-c2ccc(C#Cc3c(C)cc(CCc4ccc(C)cc4)cc3F)cc2)cc1. The number of benzene rings is 4. The summed E-state index contributed by atoms with van der Waals surface area (Å²) in [5, 5.41) is 0. The largest absolute Gasteiger partial charge is 0.206 e. The summed E-state index contributed by atoms with van der Waals surface area (Å²) in [6, 6.07) is 29.2. The molecule has 0 saturated heterocycles. The smallest absolute Gasteiger partial charge is 0.139 e. The maximum Gasteiger partial charge on any atom is 0.139 e. The molecule has 0 fully saturated rings. The number of hydrogen-bond acceptors (Lipinski definition) is 0. The van der Waals surface area contributed by atoms with Gasteiger partial charge >= 0.3 is 0 Å². The van der Waals surface area contributed by atoms with Gasteiger partial charge in [0.05, 0.1) is 5.56 Å². The summed E-state index contributed by atoms with van der Waals surface area (Å²) < 4.78 is 14.9. The zero-order chi connectivity index (χ0) is 24.6. The van der Waals surface area contributed by atoms with Crippen molar-refractivity contribution in [1.82, 2.24) is 0 Å². The van der Waals surface area contributed by atoms with Crippen LogP contribution in [0.2, 0.25) is 0 Å². The lowest BCUT2D eigenvalue weighted by molar-refractivity contribution is 0.620. The van der Waals surface area contributed by atoms with E-state index in [0.717, 1.165) is 41.5 Å². The van der Waals surface area contributed by atoms with Gasteiger partial charge in [-0.25, -0.2) is 4.39 Å². The minimum atomic E-state index is -0.240. The van der Waals surface area contributed by atoms with Gasteiger partial charge in [0.15, 0.2) is 0 Å². The molecule has 4 aromatic carbocycles. The van der Waals surface area contributed by atoms with Crippen molar-refractivity contribution in [3.05, 3.63) is 130 Å². The second kappa shape index (κ2) is 11.7. The minimum Gasteiger partial charge on any atom is -0.206 e. The van der Waals surface area contributed by atoms with Crippen molar-refractivity contribution in [1.29, 1.82) is 0 Å². The Morgan fingerprint density at radius 2 is 1.20 bits per heavy atom. The Bertz CT molecular complexity index is 1290. The highest BCUT2D eigenvalue weighted by Gasteiger charge is 2.07. The molecule has 0 amide bonds. The summed E-state index contributed by atoms with van der Waals surface area (Å²) in [6.07, 6.45) is 5.29. The molecule has 0 aliphatic heterocycles. The van der Waals surface area contributed by atoms with E-state index in [4.69, 9.17) is 0 Å². The molecule has 0 N–H and O–H groups in total. The molecule has 4 rings (SSSR count). The van der Waals surface area contributed by atoms with Crippen molar-refractivity contribution < 1.29 is 4.39 Å². The second-order valence-electron chi connectivity index (χ2n) is 9.38. The average molecular weight is 461 g/mol. The van der Waals surface area contributed by atoms with Crippen molar-refractivity contribution in [3.8, 4) is 23.0 Å². The van der Waals surface area contributed by atoms with E-state index in [1.54, 1.807) is 6.07 Å². The fourth-order valence-electron chi connectivity index (χ4n) is 4.29. The lowest BCUT2D eigenvalue weighted by atomic mass is 9.98. The maximum absolute atomic E-state index is 14.9. The highest BCUT2D eigenvalue weighted by molar-refractivity contribution is 5.65. The standard InChI is InChI=1S/C34H33F/c1-4-5-6-27-13-18-31(19-14-27)32-20-15-29(16-21-32)17-22-33-26(3)23-30(24-34(33)35)12-11-28-9-7-25(2)8-10-28/h7-10,13-16,18-21,23-24H,4-6,11-12H2,1-3H3. The predicted octanol–water partition coefficient (Wildman–Crippen LogP) is 8.64. The molecular formula is C34H33F. The summed E-state index contributed by atoms with van der Waals surface area (Å²) in [4.78, 5) is 0. The van der Waals surface area contributed by atoms with Crippen molar-refractivity contribution in [2.24, 2.45) is 0 Å². The predicted molar refractivity (Wildman–Crippen MR) is 146 cm³/mol. The third kappa shape index (κ3) is 6.71. The first-order valence-electron chi connectivity index (χ1n) is 12.6. The summed E-state index contributed by atoms with van der Waals surface area (Å²) in [5.74, 6) is 5.97. The molecule has 4 aromatic rings. The molecule has 0 bridgehead atoms. The zero-order valence-corrected chi connectivity index (χ0v) is 21.0. The van der Waals surface area contributed by atoms with E-state index in [-0.39, 0.29) is 5.82 Å². The Morgan fingerprint density at radius 3 is 1.83 bits per heavy atom. The van der Waals surface area contributed by atoms with E-state index < -0.39 is 0 Å². The number of halogens is 1. The van der Waals surface area contributed by atoms with E-state index in [9.17, 15) is 4.39 Å². The fourth-order valence-corrected chi connectivity index (χ4v) is 4.29. The van der Waals surface area contributed by atoms with Crippen molar-refractivity contribution in [2.45, 2.75) is 52.9 Å². The molecule has 0 unspecified atom stereocenters. The van der Waals surface area contributed by atoms with E-state index >= 15 is 0 Å². The molecule has 0 spiro atoms. The Kier molecular flexibility index (Phi) is 8.17. The van der Waals surface area contributed by atoms with Crippen LogP contribution in [-0.4, -0.2) is 0 Å². The third-order valence-electron chi connectivity index (χ3n) is 6.49. The average Bonchev–Trinajstić information content (AvgIpc) is 2.87. The molecule has 0 radical (unpaired) electrons. The molecular weight excluding hydrogens is 427 g/mol. The van der Waals surface area contributed by atoms with E-state index in [1.165, 1.54) is 35.1 Å². The normalized spacial score (nSPS) is 10.6. The minimum absolute atomic E-state index is 0.240. The van der Waals surface area contributed by atoms with Crippen molar-refractivity contribution >= 4 is 0 Å². The van der Waals surface area contributed by atoms with Gasteiger partial charge in [-0.3, -0.25) is 0 Å². The molecule has 0 heterocycles. The molecule has 0 aliphatic carbocycles. The van der Waals surface area contributed by atoms with Crippen LogP contribution in [0.5, 0.6) is 0 Å². The molecule has 0 aliphatic rings. The second-order valence-corrected chi connectivity index (χ2v) is 9.38. The van der Waals surface area contributed by atoms with E-state index in [0.29, 0.717) is 5.56 Å². The Morgan fingerprint density at radius 1 is 0.629 bits per heavy atom. The molecule has 0 saturated carbocycles. The van der Waals surface area contributed by atoms with Crippen molar-refractivity contribution in [3.63, 3.8) is 0 Å². The van der Waals surface area contributed by atoms with Gasteiger partial charge < -0.3 is 0 Å². The van der Waals surface area contributed by atoms with Crippen LogP contribution in [0.15, 0.2) is 84.9 Å². The molecule has 0 atom stereocenters. The maximum atomic E-state index is 14.9. The number of unbranched alkanes of at least 4 members (excludes halogenated alkanes) is 1. The monoisotopic (exact) mass is 460 g/mol. The van der Waals surface area contributed by atoms with E-state index in [2.05, 4.69) is 92.4 Å². The van der Waals surface area contributed by atoms with Gasteiger partial charge in [-0.2, -0.15) is 0 Å². The number of hydrogen-bond donors (Lipinski definition) is 0. The van der Waals surface area contributed by atoms with Gasteiger partial charge in [-0.15, -0.1) is 0 Å². The van der Waals surface area contributed by atoms with E-state index in [1.807, 2.05) is 19.1 Å². The molecule has 1 heteroatoms. The van der Waals surface area contributed by atoms with Crippen LogP contribution < -0.4 is 0 Å². The lowest BCUT2D eigenvalue weighted by Crippen LogP contribution is -1.97. The molecule has 0 aromatic heterocycles. The summed E-state index contributed by atoms with van der Waals surface area (Å²) in [5.41, 5.74) is 9.54. The zero-order valence-electron chi connectivity index (χ0n) is 21.0. The molecule has 176 valence electrons. The number of rotatable bonds is 7. The van der Waals surface area contributed by atoms with Gasteiger partial charge in [0.2, 0.25) is 0 Å². The Balaban J connectivity index is 1.43. The lowest BCUT2D eigenvalue weighted by Gasteiger charge is -2.07. The van der Waals surface area contributed by atoms with Crippen LogP contribution in [0.1, 0.15) is 58.7 Å². The fraction of sp³-hybridized carbons (Fsp3) is 0.235. The van der Waals surface area contributed by atoms with Crippen LogP contribution in [0.4, 0.5) is 4.39 Å². The van der Waals surface area contributed by atoms with Gasteiger partial charge in [0.25, 0.3) is 0 Å². The topological polar surface area (TPSA) is 0 Å². The van der Waals surface area contributed by atoms with Gasteiger partial charge in [0.1, 0.15) is 5.82 Å². The first kappa shape index (κ1) is 24.5. The van der Waals surface area contributed by atoms with Crippen LogP contribution in [0, 0.1) is 31.5 Å². The van der Waals surface area contributed by atoms with Crippen LogP contribution in [0.25, 0.3) is 11.1 Å². The summed E-state index contributed by atoms with van der Waals surface area (Å²) in [7, 11) is 0. The third-order valence-corrected chi connectivity index (χ3v) is 6.49. The number of aryl methyl sites for hydroxylation is 5. The molecule has 35 heavy (non-hydrogen) atoms. The van der Waals surface area contributed by atoms with Crippen molar-refractivity contribution in [2.75, 3.05) is 0 Å². The first-order valence-corrected chi connectivity index (χ1v) is 12.6. The van der Waals surface area contributed by atoms with Gasteiger partial charge in [-0.1, -0.05) is 97.5 Å². The van der Waals surface area contributed by atoms with Crippen LogP contribution in [-0.2, 0) is 19.3 Å². The first-order chi connectivity index (χ1) is 17.0. The highest BCUT2D eigenvalue weighted by atomic mass is 19.1. The summed E-state index contributed by atoms with van der Waals surface area (Å²) >= 11 is 0. The Hall–Kier alpha value is -3.63. The Labute approximate surface area is 209 Å². The van der Waals surface area contributed by atoms with Crippen LogP contribution >= 0.6 is 0 Å².